The van der Waals surface area contributed by atoms with Gasteiger partial charge < -0.3 is 15.5 Å². The van der Waals surface area contributed by atoms with Crippen molar-refractivity contribution < 1.29 is 0 Å². The molecule has 0 atom stereocenters. The summed E-state index contributed by atoms with van der Waals surface area (Å²) in [5.74, 6) is 0.572. The molecule has 20 heavy (non-hydrogen) atoms. The van der Waals surface area contributed by atoms with E-state index in [0.29, 0.717) is 5.82 Å². The van der Waals surface area contributed by atoms with Crippen LogP contribution in [0.1, 0.15) is 12.6 Å². The van der Waals surface area contributed by atoms with Gasteiger partial charge in [-0.3, -0.25) is 0 Å². The summed E-state index contributed by atoms with van der Waals surface area (Å²) in [6.45, 7) is 6.13. The molecule has 6 heteroatoms. The molecule has 2 N–H and O–H groups in total. The maximum Gasteiger partial charge on any atom is 0.185 e. The third-order valence-corrected chi connectivity index (χ3v) is 4.54. The van der Waals surface area contributed by atoms with Gasteiger partial charge in [-0.15, -0.1) is 11.3 Å². The quantitative estimate of drug-likeness (QED) is 0.936. The summed E-state index contributed by atoms with van der Waals surface area (Å²) in [5, 5.41) is 3.31. The Labute approximate surface area is 123 Å². The van der Waals surface area contributed by atoms with Crippen LogP contribution in [0.25, 0.3) is 0 Å². The number of thiazole rings is 1. The SMILES string of the molecule is CCc1csc(N2CCN(c3ccc(N)nc3)CC2)n1. The zero-order valence-corrected chi connectivity index (χ0v) is 12.4. The first kappa shape index (κ1) is 13.2. The van der Waals surface area contributed by atoms with Crippen molar-refractivity contribution in [1.29, 1.82) is 0 Å². The van der Waals surface area contributed by atoms with Crippen LogP contribution in [0.15, 0.2) is 23.7 Å². The molecule has 0 spiro atoms. The number of rotatable bonds is 3. The first-order valence-corrected chi connectivity index (χ1v) is 7.80. The maximum atomic E-state index is 5.63. The lowest BCUT2D eigenvalue weighted by atomic mass is 10.3. The van der Waals surface area contributed by atoms with Gasteiger partial charge >= 0.3 is 0 Å². The molecule has 0 saturated carbocycles. The molecule has 0 bridgehead atoms. The molecule has 1 aliphatic heterocycles. The molecule has 2 aromatic heterocycles. The maximum absolute atomic E-state index is 5.63. The van der Waals surface area contributed by atoms with Gasteiger partial charge in [0.05, 0.1) is 17.6 Å². The summed E-state index contributed by atoms with van der Waals surface area (Å²) in [7, 11) is 0. The van der Waals surface area contributed by atoms with Crippen LogP contribution in [0.2, 0.25) is 0 Å². The Hall–Kier alpha value is -1.82. The van der Waals surface area contributed by atoms with E-state index in [9.17, 15) is 0 Å². The first-order valence-electron chi connectivity index (χ1n) is 6.92. The monoisotopic (exact) mass is 289 g/mol. The lowest BCUT2D eigenvalue weighted by Gasteiger charge is -2.35. The van der Waals surface area contributed by atoms with Gasteiger partial charge in [0.1, 0.15) is 5.82 Å². The van der Waals surface area contributed by atoms with E-state index in [4.69, 9.17) is 5.73 Å². The van der Waals surface area contributed by atoms with Crippen LogP contribution in [-0.4, -0.2) is 36.1 Å². The highest BCUT2D eigenvalue weighted by Crippen LogP contribution is 2.23. The third kappa shape index (κ3) is 2.70. The fraction of sp³-hybridized carbons (Fsp3) is 0.429. The number of piperazine rings is 1. The molecule has 2 aromatic rings. The Morgan fingerprint density at radius 3 is 2.55 bits per heavy atom. The van der Waals surface area contributed by atoms with Crippen molar-refractivity contribution >= 4 is 28.0 Å². The summed E-state index contributed by atoms with van der Waals surface area (Å²) in [4.78, 5) is 13.5. The number of hydrogen-bond donors (Lipinski definition) is 1. The van der Waals surface area contributed by atoms with Crippen molar-refractivity contribution in [3.8, 4) is 0 Å². The van der Waals surface area contributed by atoms with E-state index in [-0.39, 0.29) is 0 Å². The molecule has 0 amide bonds. The van der Waals surface area contributed by atoms with Gasteiger partial charge in [0.25, 0.3) is 0 Å². The molecule has 0 aliphatic carbocycles. The van der Waals surface area contributed by atoms with E-state index in [0.717, 1.165) is 43.4 Å². The van der Waals surface area contributed by atoms with Crippen molar-refractivity contribution in [2.45, 2.75) is 13.3 Å². The molecule has 5 nitrogen and oxygen atoms in total. The number of nitrogen functional groups attached to an aromatic ring is 1. The minimum absolute atomic E-state index is 0.572. The highest BCUT2D eigenvalue weighted by Gasteiger charge is 2.19. The van der Waals surface area contributed by atoms with Gasteiger partial charge in [0.15, 0.2) is 5.13 Å². The topological polar surface area (TPSA) is 58.3 Å². The second kappa shape index (κ2) is 5.66. The normalized spacial score (nSPS) is 15.7. The Bertz CT molecular complexity index is 557. The molecule has 106 valence electrons. The van der Waals surface area contributed by atoms with E-state index in [1.807, 2.05) is 18.3 Å². The Morgan fingerprint density at radius 2 is 1.95 bits per heavy atom. The largest absolute Gasteiger partial charge is 0.384 e. The molecule has 0 aromatic carbocycles. The van der Waals surface area contributed by atoms with Gasteiger partial charge in [0, 0.05) is 31.6 Å². The Morgan fingerprint density at radius 1 is 1.20 bits per heavy atom. The van der Waals surface area contributed by atoms with Crippen LogP contribution >= 0.6 is 11.3 Å². The minimum Gasteiger partial charge on any atom is -0.384 e. The number of hydrogen-bond acceptors (Lipinski definition) is 6. The molecule has 1 fully saturated rings. The summed E-state index contributed by atoms with van der Waals surface area (Å²) >= 11 is 1.75. The van der Waals surface area contributed by atoms with Crippen molar-refractivity contribution in [2.24, 2.45) is 0 Å². The van der Waals surface area contributed by atoms with Crippen LogP contribution in [0.5, 0.6) is 0 Å². The second-order valence-corrected chi connectivity index (χ2v) is 5.73. The number of aryl methyl sites for hydroxylation is 1. The number of nitrogens with zero attached hydrogens (tertiary/aromatic N) is 4. The summed E-state index contributed by atoms with van der Waals surface area (Å²) < 4.78 is 0. The average molecular weight is 289 g/mol. The molecule has 0 unspecified atom stereocenters. The number of anilines is 3. The number of nitrogens with two attached hydrogens (primary N) is 1. The van der Waals surface area contributed by atoms with E-state index < -0.39 is 0 Å². The van der Waals surface area contributed by atoms with Crippen LogP contribution in [-0.2, 0) is 6.42 Å². The zero-order valence-electron chi connectivity index (χ0n) is 11.6. The van der Waals surface area contributed by atoms with Gasteiger partial charge in [-0.25, -0.2) is 9.97 Å². The second-order valence-electron chi connectivity index (χ2n) is 4.89. The number of pyridine rings is 1. The van der Waals surface area contributed by atoms with Gasteiger partial charge in [-0.2, -0.15) is 0 Å². The van der Waals surface area contributed by atoms with Crippen molar-refractivity contribution in [3.05, 3.63) is 29.4 Å². The van der Waals surface area contributed by atoms with Crippen molar-refractivity contribution in [2.75, 3.05) is 41.7 Å². The molecular formula is C14H19N5S. The zero-order chi connectivity index (χ0) is 13.9. The highest BCUT2D eigenvalue weighted by molar-refractivity contribution is 7.13. The van der Waals surface area contributed by atoms with Gasteiger partial charge in [-0.1, -0.05) is 6.92 Å². The first-order chi connectivity index (χ1) is 9.76. The lowest BCUT2D eigenvalue weighted by molar-refractivity contribution is 0.650. The predicted octanol–water partition coefficient (Wildman–Crippen LogP) is 2.01. The lowest BCUT2D eigenvalue weighted by Crippen LogP contribution is -2.46. The minimum atomic E-state index is 0.572. The van der Waals surface area contributed by atoms with E-state index >= 15 is 0 Å². The molecule has 1 saturated heterocycles. The Balaban J connectivity index is 1.63. The van der Waals surface area contributed by atoms with Crippen LogP contribution in [0.4, 0.5) is 16.6 Å². The standard InChI is InChI=1S/C14H19N5S/c1-2-11-10-20-14(17-11)19-7-5-18(6-8-19)12-3-4-13(15)16-9-12/h3-4,9-10H,2,5-8H2,1H3,(H2,15,16). The third-order valence-electron chi connectivity index (χ3n) is 3.59. The van der Waals surface area contributed by atoms with Crippen LogP contribution in [0, 0.1) is 0 Å². The highest BCUT2D eigenvalue weighted by atomic mass is 32.1. The van der Waals surface area contributed by atoms with Crippen LogP contribution in [0.3, 0.4) is 0 Å². The molecular weight excluding hydrogens is 270 g/mol. The average Bonchev–Trinajstić information content (AvgIpc) is 2.97. The van der Waals surface area contributed by atoms with E-state index in [1.54, 1.807) is 11.3 Å². The van der Waals surface area contributed by atoms with Crippen molar-refractivity contribution in [1.82, 2.24) is 9.97 Å². The van der Waals surface area contributed by atoms with E-state index in [1.165, 1.54) is 5.69 Å². The fourth-order valence-electron chi connectivity index (χ4n) is 2.34. The predicted molar refractivity (Wildman–Crippen MR) is 84.6 cm³/mol. The molecule has 3 heterocycles. The Kier molecular flexibility index (Phi) is 3.73. The van der Waals surface area contributed by atoms with Crippen molar-refractivity contribution in [3.63, 3.8) is 0 Å². The molecule has 1 aliphatic rings. The molecule has 3 rings (SSSR count). The van der Waals surface area contributed by atoms with Gasteiger partial charge in [-0.05, 0) is 18.6 Å². The molecule has 0 radical (unpaired) electrons. The smallest absolute Gasteiger partial charge is 0.185 e. The summed E-state index contributed by atoms with van der Waals surface area (Å²) in [5.41, 5.74) is 7.96. The van der Waals surface area contributed by atoms with E-state index in [2.05, 4.69) is 32.1 Å². The van der Waals surface area contributed by atoms with Gasteiger partial charge in [0.2, 0.25) is 0 Å². The summed E-state index contributed by atoms with van der Waals surface area (Å²) in [6, 6.07) is 3.90. The number of aromatic nitrogens is 2. The fourth-order valence-corrected chi connectivity index (χ4v) is 3.31. The summed E-state index contributed by atoms with van der Waals surface area (Å²) in [6.07, 6.45) is 2.86. The van der Waals surface area contributed by atoms with Crippen LogP contribution < -0.4 is 15.5 Å².